The van der Waals surface area contributed by atoms with E-state index in [-0.39, 0.29) is 29.5 Å². The molecular weight excluding hydrogens is 623 g/mol. The number of ether oxygens (including phenoxy) is 2. The topological polar surface area (TPSA) is 105 Å². The molecule has 0 aliphatic carbocycles. The van der Waals surface area contributed by atoms with Gasteiger partial charge in [0.1, 0.15) is 24.1 Å². The van der Waals surface area contributed by atoms with Gasteiger partial charge < -0.3 is 19.7 Å². The van der Waals surface area contributed by atoms with E-state index in [1.807, 2.05) is 49.6 Å². The maximum atomic E-state index is 14.5. The number of carbonyl (C=O) groups excluding carboxylic acids is 2. The van der Waals surface area contributed by atoms with Crippen LogP contribution in [0.4, 0.5) is 5.69 Å². The lowest BCUT2D eigenvalue weighted by molar-refractivity contribution is -0.139. The van der Waals surface area contributed by atoms with Crippen LogP contribution in [0.15, 0.2) is 113 Å². The fourth-order valence-electron chi connectivity index (χ4n) is 4.97. The van der Waals surface area contributed by atoms with E-state index in [4.69, 9.17) is 9.47 Å². The van der Waals surface area contributed by atoms with Gasteiger partial charge in [0.05, 0.1) is 24.3 Å². The van der Waals surface area contributed by atoms with Crippen molar-refractivity contribution >= 4 is 39.3 Å². The minimum Gasteiger partial charge on any atom is -0.497 e. The van der Waals surface area contributed by atoms with Crippen molar-refractivity contribution in [3.63, 3.8) is 0 Å². The molecule has 242 valence electrons. The van der Waals surface area contributed by atoms with Gasteiger partial charge in [-0.15, -0.1) is 11.8 Å². The Morgan fingerprint density at radius 3 is 2.15 bits per heavy atom. The SMILES string of the molecule is CCOc1ccc(N(CC(=O)N(Cc2cccc(OC)c2)C(Cc2ccccc2)C(=O)NC)S(=O)(=O)c2ccc(SC)cc2)cc1. The highest BCUT2D eigenvalue weighted by Crippen LogP contribution is 2.28. The van der Waals surface area contributed by atoms with Gasteiger partial charge in [-0.2, -0.15) is 0 Å². The molecule has 1 N–H and O–H groups in total. The number of methoxy groups -OCH3 is 1. The monoisotopic (exact) mass is 661 g/mol. The summed E-state index contributed by atoms with van der Waals surface area (Å²) in [7, 11) is -1.14. The molecule has 0 spiro atoms. The Kier molecular flexibility index (Phi) is 12.1. The summed E-state index contributed by atoms with van der Waals surface area (Å²) in [5.74, 6) is 0.243. The summed E-state index contributed by atoms with van der Waals surface area (Å²) in [6, 6.07) is 28.7. The average molecular weight is 662 g/mol. The molecule has 0 heterocycles. The number of likely N-dealkylation sites (N-methyl/N-ethyl adjacent to an activating group) is 1. The summed E-state index contributed by atoms with van der Waals surface area (Å²) in [6.07, 6.45) is 2.13. The van der Waals surface area contributed by atoms with Gasteiger partial charge in [0, 0.05) is 24.9 Å². The van der Waals surface area contributed by atoms with Crippen LogP contribution in [0.3, 0.4) is 0 Å². The minimum absolute atomic E-state index is 0.0402. The van der Waals surface area contributed by atoms with E-state index in [2.05, 4.69) is 5.32 Å². The van der Waals surface area contributed by atoms with Crippen LogP contribution in [0.5, 0.6) is 11.5 Å². The summed E-state index contributed by atoms with van der Waals surface area (Å²) in [5, 5.41) is 2.69. The molecule has 4 rings (SSSR count). The first kappa shape index (κ1) is 34.4. The molecule has 11 heteroatoms. The van der Waals surface area contributed by atoms with Crippen LogP contribution in [-0.4, -0.2) is 64.7 Å². The lowest BCUT2D eigenvalue weighted by Gasteiger charge is -2.33. The normalized spacial score (nSPS) is 11.7. The number of anilines is 1. The first-order chi connectivity index (χ1) is 22.2. The zero-order valence-electron chi connectivity index (χ0n) is 26.4. The molecule has 0 saturated heterocycles. The van der Waals surface area contributed by atoms with Gasteiger partial charge in [0.25, 0.3) is 10.0 Å². The largest absolute Gasteiger partial charge is 0.497 e. The van der Waals surface area contributed by atoms with Gasteiger partial charge in [-0.25, -0.2) is 8.42 Å². The van der Waals surface area contributed by atoms with E-state index >= 15 is 0 Å². The zero-order chi connectivity index (χ0) is 33.1. The van der Waals surface area contributed by atoms with E-state index < -0.39 is 28.5 Å². The number of carbonyl (C=O) groups is 2. The Morgan fingerprint density at radius 1 is 0.870 bits per heavy atom. The van der Waals surface area contributed by atoms with E-state index in [1.54, 1.807) is 61.7 Å². The second kappa shape index (κ2) is 16.2. The van der Waals surface area contributed by atoms with Gasteiger partial charge in [-0.05, 0) is 85.0 Å². The molecular formula is C35H39N3O6S2. The predicted molar refractivity (Wildman–Crippen MR) is 182 cm³/mol. The van der Waals surface area contributed by atoms with Crippen LogP contribution >= 0.6 is 11.8 Å². The maximum absolute atomic E-state index is 14.5. The highest BCUT2D eigenvalue weighted by molar-refractivity contribution is 7.98. The highest BCUT2D eigenvalue weighted by Gasteiger charge is 2.34. The number of hydrogen-bond acceptors (Lipinski definition) is 7. The Hall–Kier alpha value is -4.48. The standard InChI is InChI=1S/C35H39N3O6S2/c1-5-44-29-16-14-28(15-17-29)38(46(41,42)32-20-18-31(45-4)19-21-32)25-34(39)37(24-27-12-9-13-30(22-27)43-3)33(35(40)36-2)23-26-10-7-6-8-11-26/h6-22,33H,5,23-25H2,1-4H3,(H,36,40). The Balaban J connectivity index is 1.79. The van der Waals surface area contributed by atoms with Crippen molar-refractivity contribution < 1.29 is 27.5 Å². The number of hydrogen-bond donors (Lipinski definition) is 1. The fourth-order valence-corrected chi connectivity index (χ4v) is 6.79. The molecule has 0 saturated carbocycles. The number of nitrogens with one attached hydrogen (secondary N) is 1. The molecule has 4 aromatic carbocycles. The molecule has 0 bridgehead atoms. The Bertz CT molecular complexity index is 1700. The summed E-state index contributed by atoms with van der Waals surface area (Å²) in [5.41, 5.74) is 1.86. The quantitative estimate of drug-likeness (QED) is 0.170. The fraction of sp³-hybridized carbons (Fsp3) is 0.257. The summed E-state index contributed by atoms with van der Waals surface area (Å²) in [4.78, 5) is 30.3. The van der Waals surface area contributed by atoms with Crippen molar-refractivity contribution in [1.82, 2.24) is 10.2 Å². The number of rotatable bonds is 15. The molecule has 0 aliphatic rings. The molecule has 9 nitrogen and oxygen atoms in total. The van der Waals surface area contributed by atoms with E-state index in [0.717, 1.165) is 20.3 Å². The molecule has 0 radical (unpaired) electrons. The van der Waals surface area contributed by atoms with Gasteiger partial charge in [0.2, 0.25) is 11.8 Å². The van der Waals surface area contributed by atoms with E-state index in [0.29, 0.717) is 18.1 Å². The lowest BCUT2D eigenvalue weighted by Crippen LogP contribution is -2.53. The van der Waals surface area contributed by atoms with Gasteiger partial charge in [-0.3, -0.25) is 13.9 Å². The number of thioether (sulfide) groups is 1. The summed E-state index contributed by atoms with van der Waals surface area (Å²) >= 11 is 1.50. The third-order valence-corrected chi connectivity index (χ3v) is 9.90. The third-order valence-electron chi connectivity index (χ3n) is 7.37. The van der Waals surface area contributed by atoms with Crippen molar-refractivity contribution in [2.45, 2.75) is 35.7 Å². The molecule has 0 fully saturated rings. The number of nitrogens with zero attached hydrogens (tertiary/aromatic N) is 2. The highest BCUT2D eigenvalue weighted by atomic mass is 32.2. The second-order valence-electron chi connectivity index (χ2n) is 10.3. The van der Waals surface area contributed by atoms with E-state index in [1.165, 1.54) is 35.8 Å². The summed E-state index contributed by atoms with van der Waals surface area (Å²) < 4.78 is 40.5. The molecule has 1 atom stereocenters. The Labute approximate surface area is 275 Å². The molecule has 4 aromatic rings. The predicted octanol–water partition coefficient (Wildman–Crippen LogP) is 5.40. The third kappa shape index (κ3) is 8.61. The van der Waals surface area contributed by atoms with Crippen molar-refractivity contribution in [2.24, 2.45) is 0 Å². The van der Waals surface area contributed by atoms with Crippen molar-refractivity contribution in [2.75, 3.05) is 37.9 Å². The van der Waals surface area contributed by atoms with Crippen molar-refractivity contribution in [3.05, 3.63) is 114 Å². The maximum Gasteiger partial charge on any atom is 0.264 e. The van der Waals surface area contributed by atoms with Gasteiger partial charge in [0.15, 0.2) is 0 Å². The van der Waals surface area contributed by atoms with Crippen LogP contribution in [0.1, 0.15) is 18.1 Å². The first-order valence-corrected chi connectivity index (χ1v) is 17.4. The molecule has 0 aliphatic heterocycles. The van der Waals surface area contributed by atoms with Gasteiger partial charge >= 0.3 is 0 Å². The van der Waals surface area contributed by atoms with Gasteiger partial charge in [-0.1, -0.05) is 42.5 Å². The van der Waals surface area contributed by atoms with Crippen molar-refractivity contribution in [1.29, 1.82) is 0 Å². The van der Waals surface area contributed by atoms with Crippen LogP contribution in [0.2, 0.25) is 0 Å². The van der Waals surface area contributed by atoms with Crippen LogP contribution in [0, 0.1) is 0 Å². The van der Waals surface area contributed by atoms with Crippen LogP contribution < -0.4 is 19.1 Å². The summed E-state index contributed by atoms with van der Waals surface area (Å²) in [6.45, 7) is 1.80. The lowest BCUT2D eigenvalue weighted by atomic mass is 10.0. The Morgan fingerprint density at radius 2 is 1.54 bits per heavy atom. The second-order valence-corrected chi connectivity index (χ2v) is 13.0. The number of sulfonamides is 1. The molecule has 46 heavy (non-hydrogen) atoms. The molecule has 1 unspecified atom stereocenters. The zero-order valence-corrected chi connectivity index (χ0v) is 28.0. The number of amides is 2. The van der Waals surface area contributed by atoms with E-state index in [9.17, 15) is 18.0 Å². The van der Waals surface area contributed by atoms with Crippen LogP contribution in [0.25, 0.3) is 0 Å². The smallest absolute Gasteiger partial charge is 0.264 e. The van der Waals surface area contributed by atoms with Crippen LogP contribution in [-0.2, 0) is 32.6 Å². The van der Waals surface area contributed by atoms with Crippen molar-refractivity contribution in [3.8, 4) is 11.5 Å². The molecule has 0 aromatic heterocycles. The minimum atomic E-state index is -4.21. The molecule has 2 amide bonds. The first-order valence-electron chi connectivity index (χ1n) is 14.8. The number of benzene rings is 4. The average Bonchev–Trinajstić information content (AvgIpc) is 3.09.